The highest BCUT2D eigenvalue weighted by atomic mass is 32.1. The van der Waals surface area contributed by atoms with Crippen LogP contribution in [0.4, 0.5) is 0 Å². The Hall–Kier alpha value is -1.68. The van der Waals surface area contributed by atoms with Crippen molar-refractivity contribution in [1.29, 1.82) is 0 Å². The minimum Gasteiger partial charge on any atom is -0.222 e. The maximum Gasteiger partial charge on any atom is 0.212 e. The highest BCUT2D eigenvalue weighted by Crippen LogP contribution is 2.27. The standard InChI is InChI=1S/C15H17N3S/c1-10(2)9-13-17-18-14(11(3)16-15(18)19-13)12-7-5-4-6-8-12/h4-8,10H,9H2,1-3H3. The minimum absolute atomic E-state index is 0.622. The molecule has 0 amide bonds. The molecule has 0 aliphatic rings. The first kappa shape index (κ1) is 12.4. The SMILES string of the molecule is Cc1nc2sc(CC(C)C)nn2c1-c1ccccc1. The molecule has 4 heteroatoms. The maximum absolute atomic E-state index is 4.72. The second-order valence-corrected chi connectivity index (χ2v) is 6.24. The number of rotatable bonds is 3. The van der Waals surface area contributed by atoms with E-state index in [4.69, 9.17) is 5.10 Å². The van der Waals surface area contributed by atoms with Gasteiger partial charge >= 0.3 is 0 Å². The number of nitrogens with zero attached hydrogens (tertiary/aromatic N) is 3. The lowest BCUT2D eigenvalue weighted by Gasteiger charge is -2.01. The van der Waals surface area contributed by atoms with Gasteiger partial charge in [-0.25, -0.2) is 9.50 Å². The number of aromatic nitrogens is 3. The molecule has 0 saturated heterocycles. The van der Waals surface area contributed by atoms with E-state index in [0.29, 0.717) is 5.92 Å². The van der Waals surface area contributed by atoms with E-state index >= 15 is 0 Å². The number of benzene rings is 1. The summed E-state index contributed by atoms with van der Waals surface area (Å²) in [6.07, 6.45) is 1.02. The Labute approximate surface area is 116 Å². The first-order valence-electron chi connectivity index (χ1n) is 6.55. The van der Waals surface area contributed by atoms with Crippen LogP contribution >= 0.6 is 11.3 Å². The van der Waals surface area contributed by atoms with E-state index in [9.17, 15) is 0 Å². The molecule has 0 unspecified atom stereocenters. The molecule has 0 bridgehead atoms. The van der Waals surface area contributed by atoms with Gasteiger partial charge in [-0.05, 0) is 12.8 Å². The van der Waals surface area contributed by atoms with Crippen LogP contribution in [-0.2, 0) is 6.42 Å². The zero-order chi connectivity index (χ0) is 13.4. The molecule has 0 aliphatic carbocycles. The summed E-state index contributed by atoms with van der Waals surface area (Å²) in [6.45, 7) is 6.48. The van der Waals surface area contributed by atoms with Gasteiger partial charge in [-0.15, -0.1) is 0 Å². The zero-order valence-electron chi connectivity index (χ0n) is 11.4. The normalized spacial score (nSPS) is 11.6. The number of hydrogen-bond acceptors (Lipinski definition) is 3. The lowest BCUT2D eigenvalue weighted by Crippen LogP contribution is -1.96. The van der Waals surface area contributed by atoms with E-state index < -0.39 is 0 Å². The molecule has 0 radical (unpaired) electrons. The van der Waals surface area contributed by atoms with Crippen molar-refractivity contribution in [1.82, 2.24) is 14.6 Å². The summed E-state index contributed by atoms with van der Waals surface area (Å²) in [5.41, 5.74) is 3.33. The van der Waals surface area contributed by atoms with E-state index in [1.54, 1.807) is 11.3 Å². The molecular weight excluding hydrogens is 254 g/mol. The highest BCUT2D eigenvalue weighted by Gasteiger charge is 2.15. The summed E-state index contributed by atoms with van der Waals surface area (Å²) < 4.78 is 1.99. The van der Waals surface area contributed by atoms with Crippen molar-refractivity contribution in [3.05, 3.63) is 41.0 Å². The van der Waals surface area contributed by atoms with Crippen molar-refractivity contribution in [2.45, 2.75) is 27.2 Å². The van der Waals surface area contributed by atoms with Crippen LogP contribution in [0.2, 0.25) is 0 Å². The molecule has 1 aromatic carbocycles. The third-order valence-corrected chi connectivity index (χ3v) is 3.98. The van der Waals surface area contributed by atoms with Crippen LogP contribution in [-0.4, -0.2) is 14.6 Å². The van der Waals surface area contributed by atoms with Gasteiger partial charge in [0.1, 0.15) is 5.01 Å². The van der Waals surface area contributed by atoms with Crippen LogP contribution in [0.15, 0.2) is 30.3 Å². The van der Waals surface area contributed by atoms with Crippen LogP contribution < -0.4 is 0 Å². The molecule has 3 nitrogen and oxygen atoms in total. The Morgan fingerprint density at radius 3 is 2.63 bits per heavy atom. The molecule has 0 saturated carbocycles. The van der Waals surface area contributed by atoms with Crippen molar-refractivity contribution in [3.8, 4) is 11.3 Å². The van der Waals surface area contributed by atoms with Crippen molar-refractivity contribution in [3.63, 3.8) is 0 Å². The van der Waals surface area contributed by atoms with E-state index in [0.717, 1.165) is 27.8 Å². The molecule has 0 fully saturated rings. The van der Waals surface area contributed by atoms with Gasteiger partial charge in [0.25, 0.3) is 0 Å². The van der Waals surface area contributed by atoms with E-state index in [1.165, 1.54) is 5.56 Å². The summed E-state index contributed by atoms with van der Waals surface area (Å²) in [7, 11) is 0. The molecule has 2 heterocycles. The molecular formula is C15H17N3S. The smallest absolute Gasteiger partial charge is 0.212 e. The van der Waals surface area contributed by atoms with E-state index in [-0.39, 0.29) is 0 Å². The number of aryl methyl sites for hydroxylation is 1. The first-order valence-corrected chi connectivity index (χ1v) is 7.37. The van der Waals surface area contributed by atoms with Gasteiger partial charge in [-0.2, -0.15) is 5.10 Å². The first-order chi connectivity index (χ1) is 9.15. The van der Waals surface area contributed by atoms with Gasteiger partial charge in [0.05, 0.1) is 11.4 Å². The minimum atomic E-state index is 0.622. The number of fused-ring (bicyclic) bond motifs is 1. The van der Waals surface area contributed by atoms with Gasteiger partial charge < -0.3 is 0 Å². The van der Waals surface area contributed by atoms with Crippen molar-refractivity contribution in [2.75, 3.05) is 0 Å². The Bertz CT molecular complexity index is 695. The summed E-state index contributed by atoms with van der Waals surface area (Å²) in [6, 6.07) is 10.4. The molecule has 19 heavy (non-hydrogen) atoms. The van der Waals surface area contributed by atoms with Crippen LogP contribution in [0, 0.1) is 12.8 Å². The largest absolute Gasteiger partial charge is 0.222 e. The van der Waals surface area contributed by atoms with Gasteiger partial charge in [0.15, 0.2) is 0 Å². The molecule has 3 aromatic rings. The monoisotopic (exact) mass is 271 g/mol. The molecule has 3 rings (SSSR count). The van der Waals surface area contributed by atoms with Crippen molar-refractivity contribution < 1.29 is 0 Å². The lowest BCUT2D eigenvalue weighted by molar-refractivity contribution is 0.637. The van der Waals surface area contributed by atoms with E-state index in [2.05, 4.69) is 43.1 Å². The lowest BCUT2D eigenvalue weighted by atomic mass is 10.1. The average Bonchev–Trinajstić information content (AvgIpc) is 2.85. The number of hydrogen-bond donors (Lipinski definition) is 0. The van der Waals surface area contributed by atoms with Crippen LogP contribution in [0.25, 0.3) is 16.2 Å². The predicted molar refractivity (Wildman–Crippen MR) is 79.6 cm³/mol. The number of imidazole rings is 1. The Morgan fingerprint density at radius 2 is 1.95 bits per heavy atom. The van der Waals surface area contributed by atoms with Crippen LogP contribution in [0.5, 0.6) is 0 Å². The molecule has 0 aliphatic heterocycles. The van der Waals surface area contributed by atoms with Gasteiger partial charge in [0.2, 0.25) is 4.96 Å². The van der Waals surface area contributed by atoms with Crippen LogP contribution in [0.1, 0.15) is 24.5 Å². The fraction of sp³-hybridized carbons (Fsp3) is 0.333. The summed E-state index contributed by atoms with van der Waals surface area (Å²) in [4.78, 5) is 5.63. The van der Waals surface area contributed by atoms with Gasteiger partial charge in [-0.1, -0.05) is 55.5 Å². The third-order valence-electron chi connectivity index (χ3n) is 3.05. The van der Waals surface area contributed by atoms with E-state index in [1.807, 2.05) is 17.5 Å². The Morgan fingerprint density at radius 1 is 1.21 bits per heavy atom. The Balaban J connectivity index is 2.13. The van der Waals surface area contributed by atoms with Crippen molar-refractivity contribution in [2.24, 2.45) is 5.92 Å². The average molecular weight is 271 g/mol. The zero-order valence-corrected chi connectivity index (χ0v) is 12.2. The Kier molecular flexibility index (Phi) is 3.11. The second-order valence-electron chi connectivity index (χ2n) is 5.20. The van der Waals surface area contributed by atoms with Gasteiger partial charge in [-0.3, -0.25) is 0 Å². The fourth-order valence-electron chi connectivity index (χ4n) is 2.25. The summed E-state index contributed by atoms with van der Waals surface area (Å²) in [5.74, 6) is 0.622. The third kappa shape index (κ3) is 2.28. The highest BCUT2D eigenvalue weighted by molar-refractivity contribution is 7.16. The molecule has 0 spiro atoms. The topological polar surface area (TPSA) is 30.2 Å². The molecule has 2 aromatic heterocycles. The molecule has 98 valence electrons. The maximum atomic E-state index is 4.72. The van der Waals surface area contributed by atoms with Crippen molar-refractivity contribution >= 4 is 16.3 Å². The fourth-order valence-corrected chi connectivity index (χ4v) is 3.40. The summed E-state index contributed by atoms with van der Waals surface area (Å²) in [5, 5.41) is 5.88. The summed E-state index contributed by atoms with van der Waals surface area (Å²) >= 11 is 1.70. The molecule has 0 N–H and O–H groups in total. The second kappa shape index (κ2) is 4.78. The van der Waals surface area contributed by atoms with Crippen LogP contribution in [0.3, 0.4) is 0 Å². The van der Waals surface area contributed by atoms with Gasteiger partial charge in [0, 0.05) is 12.0 Å². The quantitative estimate of drug-likeness (QED) is 0.721. The molecule has 0 atom stereocenters. The predicted octanol–water partition coefficient (Wildman–Crippen LogP) is 3.96.